The first-order valence-corrected chi connectivity index (χ1v) is 7.70. The second-order valence-corrected chi connectivity index (χ2v) is 6.00. The Morgan fingerprint density at radius 1 is 1.53 bits per heavy atom. The van der Waals surface area contributed by atoms with Crippen LogP contribution >= 0.6 is 22.7 Å². The van der Waals surface area contributed by atoms with Crippen molar-refractivity contribution >= 4 is 33.8 Å². The number of rotatable bonds is 5. The summed E-state index contributed by atoms with van der Waals surface area (Å²) in [5.74, 6) is -0.326. The van der Waals surface area contributed by atoms with Crippen LogP contribution in [0.5, 0.6) is 0 Å². The Morgan fingerprint density at radius 3 is 3.00 bits per heavy atom. The second-order valence-electron chi connectivity index (χ2n) is 4.00. The number of esters is 1. The number of anilines is 1. The Labute approximate surface area is 120 Å². The number of ether oxygens (including phenoxy) is 1. The van der Waals surface area contributed by atoms with Gasteiger partial charge in [0.2, 0.25) is 0 Å². The lowest BCUT2D eigenvalue weighted by Crippen LogP contribution is -1.99. The van der Waals surface area contributed by atoms with Gasteiger partial charge >= 0.3 is 5.97 Å². The van der Waals surface area contributed by atoms with Crippen molar-refractivity contribution in [3.05, 3.63) is 32.5 Å². The van der Waals surface area contributed by atoms with E-state index < -0.39 is 0 Å². The van der Waals surface area contributed by atoms with Gasteiger partial charge in [-0.15, -0.1) is 11.3 Å². The molecule has 19 heavy (non-hydrogen) atoms. The first-order valence-electron chi connectivity index (χ1n) is 6.00. The number of hydrogen-bond donors (Lipinski definition) is 1. The molecule has 0 amide bonds. The molecule has 2 aromatic heterocycles. The SMILES string of the molecule is CCc1ccsc1CNc1nc(C)c(C(=O)OC)s1. The lowest BCUT2D eigenvalue weighted by molar-refractivity contribution is 0.0605. The summed E-state index contributed by atoms with van der Waals surface area (Å²) in [5, 5.41) is 6.13. The van der Waals surface area contributed by atoms with Gasteiger partial charge in [0.1, 0.15) is 4.88 Å². The van der Waals surface area contributed by atoms with Crippen molar-refractivity contribution in [3.63, 3.8) is 0 Å². The van der Waals surface area contributed by atoms with E-state index in [0.29, 0.717) is 10.6 Å². The smallest absolute Gasteiger partial charge is 0.350 e. The molecule has 0 radical (unpaired) electrons. The van der Waals surface area contributed by atoms with Gasteiger partial charge in [-0.1, -0.05) is 18.3 Å². The highest BCUT2D eigenvalue weighted by atomic mass is 32.1. The topological polar surface area (TPSA) is 51.2 Å². The number of nitrogens with zero attached hydrogens (tertiary/aromatic N) is 1. The van der Waals surface area contributed by atoms with E-state index in [9.17, 15) is 4.79 Å². The van der Waals surface area contributed by atoms with E-state index in [0.717, 1.165) is 18.1 Å². The van der Waals surface area contributed by atoms with Crippen molar-refractivity contribution in [1.82, 2.24) is 4.98 Å². The van der Waals surface area contributed by atoms with Crippen molar-refractivity contribution in [2.24, 2.45) is 0 Å². The van der Waals surface area contributed by atoms with Gasteiger partial charge < -0.3 is 10.1 Å². The Bertz CT molecular complexity index is 575. The highest BCUT2D eigenvalue weighted by Crippen LogP contribution is 2.25. The van der Waals surface area contributed by atoms with E-state index in [1.165, 1.54) is 28.9 Å². The number of nitrogens with one attached hydrogen (secondary N) is 1. The number of aryl methyl sites for hydroxylation is 2. The predicted octanol–water partition coefficient (Wildman–Crippen LogP) is 3.47. The zero-order valence-corrected chi connectivity index (χ0v) is 12.8. The van der Waals surface area contributed by atoms with Gasteiger partial charge in [0.05, 0.1) is 19.3 Å². The number of carbonyl (C=O) groups is 1. The van der Waals surface area contributed by atoms with E-state index in [-0.39, 0.29) is 5.97 Å². The Balaban J connectivity index is 2.06. The third kappa shape index (κ3) is 3.13. The molecule has 0 fully saturated rings. The maximum atomic E-state index is 11.5. The molecule has 2 rings (SSSR count). The molecular weight excluding hydrogens is 280 g/mol. The van der Waals surface area contributed by atoms with Crippen molar-refractivity contribution in [1.29, 1.82) is 0 Å². The van der Waals surface area contributed by atoms with Crippen LogP contribution < -0.4 is 5.32 Å². The number of carbonyl (C=O) groups excluding carboxylic acids is 1. The van der Waals surface area contributed by atoms with Gasteiger partial charge in [-0.3, -0.25) is 0 Å². The highest BCUT2D eigenvalue weighted by molar-refractivity contribution is 7.17. The van der Waals surface area contributed by atoms with Gasteiger partial charge in [-0.05, 0) is 30.4 Å². The van der Waals surface area contributed by atoms with Gasteiger partial charge in [-0.2, -0.15) is 0 Å². The summed E-state index contributed by atoms with van der Waals surface area (Å²) in [6, 6.07) is 2.15. The third-order valence-corrected chi connectivity index (χ3v) is 4.84. The van der Waals surface area contributed by atoms with Crippen LogP contribution in [0.4, 0.5) is 5.13 Å². The van der Waals surface area contributed by atoms with Crippen molar-refractivity contribution in [3.8, 4) is 0 Å². The zero-order valence-electron chi connectivity index (χ0n) is 11.1. The Kier molecular flexibility index (Phi) is 4.55. The van der Waals surface area contributed by atoms with Crippen LogP contribution in [0.2, 0.25) is 0 Å². The number of hydrogen-bond acceptors (Lipinski definition) is 6. The van der Waals surface area contributed by atoms with Crippen molar-refractivity contribution in [2.75, 3.05) is 12.4 Å². The lowest BCUT2D eigenvalue weighted by atomic mass is 10.2. The monoisotopic (exact) mass is 296 g/mol. The summed E-state index contributed by atoms with van der Waals surface area (Å²) >= 11 is 3.07. The van der Waals surface area contributed by atoms with E-state index in [1.807, 2.05) is 6.92 Å². The molecule has 0 aliphatic rings. The molecule has 0 atom stereocenters. The van der Waals surface area contributed by atoms with E-state index in [2.05, 4.69) is 28.7 Å². The summed E-state index contributed by atoms with van der Waals surface area (Å²) in [7, 11) is 1.38. The largest absolute Gasteiger partial charge is 0.465 e. The standard InChI is InChI=1S/C13H16N2O2S2/c1-4-9-5-6-18-10(9)7-14-13-15-8(2)11(19-13)12(16)17-3/h5-6H,4,7H2,1-3H3,(H,14,15). The molecule has 0 aliphatic heterocycles. The van der Waals surface area contributed by atoms with Gasteiger partial charge in [0.25, 0.3) is 0 Å². The zero-order chi connectivity index (χ0) is 13.8. The maximum absolute atomic E-state index is 11.5. The molecule has 0 saturated carbocycles. The fourth-order valence-electron chi connectivity index (χ4n) is 1.75. The Morgan fingerprint density at radius 2 is 2.32 bits per heavy atom. The molecule has 0 aliphatic carbocycles. The van der Waals surface area contributed by atoms with Gasteiger partial charge in [0, 0.05) is 4.88 Å². The van der Waals surface area contributed by atoms with Crippen LogP contribution in [0.1, 0.15) is 32.7 Å². The van der Waals surface area contributed by atoms with E-state index in [4.69, 9.17) is 4.74 Å². The highest BCUT2D eigenvalue weighted by Gasteiger charge is 2.15. The number of thiophene rings is 1. The third-order valence-electron chi connectivity index (χ3n) is 2.79. The van der Waals surface area contributed by atoms with Crippen LogP contribution in [0.25, 0.3) is 0 Å². The summed E-state index contributed by atoms with van der Waals surface area (Å²) in [6.07, 6.45) is 1.03. The minimum atomic E-state index is -0.326. The molecular formula is C13H16N2O2S2. The molecule has 0 bridgehead atoms. The molecule has 102 valence electrons. The number of aromatic nitrogens is 1. The minimum Gasteiger partial charge on any atom is -0.465 e. The summed E-state index contributed by atoms with van der Waals surface area (Å²) in [5.41, 5.74) is 2.07. The van der Waals surface area contributed by atoms with Crippen LogP contribution in [0.15, 0.2) is 11.4 Å². The average Bonchev–Trinajstić information content (AvgIpc) is 3.01. The molecule has 0 saturated heterocycles. The number of methoxy groups -OCH3 is 1. The normalized spacial score (nSPS) is 10.5. The van der Waals surface area contributed by atoms with Gasteiger partial charge in [0.15, 0.2) is 5.13 Å². The summed E-state index contributed by atoms with van der Waals surface area (Å²) < 4.78 is 4.72. The molecule has 6 heteroatoms. The quantitative estimate of drug-likeness (QED) is 0.858. The first kappa shape index (κ1) is 14.0. The molecule has 4 nitrogen and oxygen atoms in total. The lowest BCUT2D eigenvalue weighted by Gasteiger charge is -2.02. The summed E-state index contributed by atoms with van der Waals surface area (Å²) in [6.45, 7) is 4.71. The van der Waals surface area contributed by atoms with Crippen LogP contribution in [-0.2, 0) is 17.7 Å². The predicted molar refractivity (Wildman–Crippen MR) is 79.2 cm³/mol. The molecule has 1 N–H and O–H groups in total. The molecule has 0 aromatic carbocycles. The van der Waals surface area contributed by atoms with Crippen LogP contribution in [-0.4, -0.2) is 18.1 Å². The molecule has 2 heterocycles. The maximum Gasteiger partial charge on any atom is 0.350 e. The first-order chi connectivity index (χ1) is 9.15. The molecule has 0 spiro atoms. The number of thiazole rings is 1. The van der Waals surface area contributed by atoms with Crippen LogP contribution in [0, 0.1) is 6.92 Å². The molecule has 0 unspecified atom stereocenters. The van der Waals surface area contributed by atoms with Crippen molar-refractivity contribution in [2.45, 2.75) is 26.8 Å². The van der Waals surface area contributed by atoms with Crippen molar-refractivity contribution < 1.29 is 9.53 Å². The second kappa shape index (κ2) is 6.16. The Hall–Kier alpha value is -1.40. The summed E-state index contributed by atoms with van der Waals surface area (Å²) in [4.78, 5) is 17.7. The molecule has 2 aromatic rings. The average molecular weight is 296 g/mol. The fraction of sp³-hybridized carbons (Fsp3) is 0.385. The van der Waals surface area contributed by atoms with Gasteiger partial charge in [-0.25, -0.2) is 9.78 Å². The minimum absolute atomic E-state index is 0.326. The van der Waals surface area contributed by atoms with Crippen LogP contribution in [0.3, 0.4) is 0 Å². The van der Waals surface area contributed by atoms with E-state index >= 15 is 0 Å². The van der Waals surface area contributed by atoms with E-state index in [1.54, 1.807) is 11.3 Å². The fourth-order valence-corrected chi connectivity index (χ4v) is 3.54.